The van der Waals surface area contributed by atoms with Crippen LogP contribution in [0, 0.1) is 11.7 Å². The maximum atomic E-state index is 15.2. The van der Waals surface area contributed by atoms with E-state index >= 15 is 4.39 Å². The van der Waals surface area contributed by atoms with Gasteiger partial charge in [0.2, 0.25) is 5.91 Å². The molecule has 4 nitrogen and oxygen atoms in total. The van der Waals surface area contributed by atoms with Crippen LogP contribution in [0.2, 0.25) is 5.31 Å². The van der Waals surface area contributed by atoms with E-state index in [1.54, 1.807) is 12.1 Å². The van der Waals surface area contributed by atoms with Gasteiger partial charge in [0.15, 0.2) is 5.82 Å². The number of hydrogen-bond donors (Lipinski definition) is 2. The average molecular weight is 447 g/mol. The summed E-state index contributed by atoms with van der Waals surface area (Å²) in [6.45, 7) is 6.07. The van der Waals surface area contributed by atoms with E-state index in [0.29, 0.717) is 36.4 Å². The number of carbonyl (C=O) groups is 1. The van der Waals surface area contributed by atoms with E-state index in [1.807, 2.05) is 13.8 Å². The van der Waals surface area contributed by atoms with Crippen LogP contribution in [-0.4, -0.2) is 35.7 Å². The van der Waals surface area contributed by atoms with Gasteiger partial charge in [0.25, 0.3) is 0 Å². The van der Waals surface area contributed by atoms with Crippen molar-refractivity contribution in [3.63, 3.8) is 0 Å². The van der Waals surface area contributed by atoms with Crippen molar-refractivity contribution < 1.29 is 13.6 Å². The first-order chi connectivity index (χ1) is 14.5. The van der Waals surface area contributed by atoms with Crippen LogP contribution < -0.4 is 5.32 Å². The van der Waals surface area contributed by atoms with Gasteiger partial charge >= 0.3 is 0 Å². The van der Waals surface area contributed by atoms with Crippen LogP contribution in [0.25, 0.3) is 11.0 Å². The Morgan fingerprint density at radius 1 is 1.42 bits per heavy atom. The quantitative estimate of drug-likeness (QED) is 0.424. The molecule has 0 aliphatic heterocycles. The van der Waals surface area contributed by atoms with Crippen LogP contribution in [0.1, 0.15) is 76.6 Å². The third kappa shape index (κ3) is 6.28. The highest BCUT2D eigenvalue weighted by Gasteiger charge is 2.35. The van der Waals surface area contributed by atoms with Crippen molar-refractivity contribution in [1.82, 2.24) is 15.3 Å². The van der Waals surface area contributed by atoms with E-state index in [-0.39, 0.29) is 23.8 Å². The van der Waals surface area contributed by atoms with E-state index < -0.39 is 16.5 Å². The molecule has 168 valence electrons. The van der Waals surface area contributed by atoms with Crippen LogP contribution in [0.15, 0.2) is 12.1 Å². The second-order valence-corrected chi connectivity index (χ2v) is 10.8. The number of halogens is 2. The number of H-pyrrole nitrogens is 1. The molecule has 1 saturated carbocycles. The zero-order valence-electron chi connectivity index (χ0n) is 18.7. The molecule has 1 aliphatic rings. The number of nitrogens with one attached hydrogen (secondary N) is 2. The highest BCUT2D eigenvalue weighted by atomic mass is 31.0. The summed E-state index contributed by atoms with van der Waals surface area (Å²) in [5.74, 6) is 0.510. The van der Waals surface area contributed by atoms with Crippen molar-refractivity contribution in [2.24, 2.45) is 5.92 Å². The van der Waals surface area contributed by atoms with Crippen LogP contribution in [0.3, 0.4) is 0 Å². The van der Waals surface area contributed by atoms with E-state index in [1.165, 1.54) is 0 Å². The summed E-state index contributed by atoms with van der Waals surface area (Å²) < 4.78 is 29.4. The monoisotopic (exact) mass is 447 g/mol. The van der Waals surface area contributed by atoms with Crippen molar-refractivity contribution in [2.75, 3.05) is 6.54 Å². The molecular weight excluding hydrogens is 414 g/mol. The Morgan fingerprint density at radius 3 is 2.71 bits per heavy atom. The number of amides is 1. The zero-order chi connectivity index (χ0) is 22.8. The van der Waals surface area contributed by atoms with Crippen LogP contribution in [0.4, 0.5) is 8.78 Å². The number of benzene rings is 1. The molecule has 3 rings (SSSR count). The van der Waals surface area contributed by atoms with E-state index in [4.69, 9.17) is 7.85 Å². The molecule has 1 heterocycles. The third-order valence-corrected chi connectivity index (χ3v) is 6.74. The van der Waals surface area contributed by atoms with Gasteiger partial charge in [0.05, 0.1) is 19.8 Å². The Balaban J connectivity index is 1.79. The minimum Gasteiger partial charge on any atom is -0.356 e. The fraction of sp³-hybridized carbons (Fsp3) is 0.652. The smallest absolute Gasteiger partial charge is 0.224 e. The second-order valence-electron chi connectivity index (χ2n) is 9.77. The Bertz CT molecular complexity index is 915. The first kappa shape index (κ1) is 24.2. The number of fused-ring (bicyclic) bond motifs is 1. The Kier molecular flexibility index (Phi) is 7.45. The predicted molar refractivity (Wildman–Crippen MR) is 126 cm³/mol. The lowest BCUT2D eigenvalue weighted by atomic mass is 9.72. The average Bonchev–Trinajstić information content (AvgIpc) is 3.11. The van der Waals surface area contributed by atoms with E-state index in [0.717, 1.165) is 31.5 Å². The summed E-state index contributed by atoms with van der Waals surface area (Å²) in [5, 5.41) is 1.05. The SMILES string of the molecule is [B]C(C)(C)CNC(=O)Cc1ccc2[nH]c([C@@H](CCC)C3CCC(F)(P)CC3)nc2c1F. The fourth-order valence-electron chi connectivity index (χ4n) is 4.41. The van der Waals surface area contributed by atoms with Crippen LogP contribution in [-0.2, 0) is 11.2 Å². The van der Waals surface area contributed by atoms with E-state index in [2.05, 4.69) is 31.4 Å². The van der Waals surface area contributed by atoms with Gasteiger partial charge in [0, 0.05) is 12.5 Å². The van der Waals surface area contributed by atoms with Crippen molar-refractivity contribution in [1.29, 1.82) is 0 Å². The molecule has 2 aromatic rings. The van der Waals surface area contributed by atoms with Gasteiger partial charge in [-0.3, -0.25) is 4.79 Å². The number of carbonyl (C=O) groups excluding carboxylic acids is 1. The van der Waals surface area contributed by atoms with Gasteiger partial charge < -0.3 is 10.3 Å². The molecule has 1 aromatic carbocycles. The Hall–Kier alpha value is -1.49. The van der Waals surface area contributed by atoms with Gasteiger partial charge in [-0.15, -0.1) is 0 Å². The molecule has 0 saturated heterocycles. The lowest BCUT2D eigenvalue weighted by Crippen LogP contribution is -2.32. The molecule has 2 atom stereocenters. The van der Waals surface area contributed by atoms with Gasteiger partial charge in [0.1, 0.15) is 16.8 Å². The second kappa shape index (κ2) is 9.56. The number of aromatic amines is 1. The number of hydrogen-bond acceptors (Lipinski definition) is 2. The summed E-state index contributed by atoms with van der Waals surface area (Å²) >= 11 is 0. The summed E-state index contributed by atoms with van der Waals surface area (Å²) in [6.07, 6.45) is 4.48. The molecule has 31 heavy (non-hydrogen) atoms. The summed E-state index contributed by atoms with van der Waals surface area (Å²) in [5.41, 5.74) is 1.21. The number of rotatable bonds is 8. The molecule has 1 unspecified atom stereocenters. The van der Waals surface area contributed by atoms with Crippen LogP contribution in [0.5, 0.6) is 0 Å². The molecular formula is C23H33BF2N3OP. The molecule has 1 fully saturated rings. The third-order valence-electron chi connectivity index (χ3n) is 6.16. The molecule has 2 radical (unpaired) electrons. The van der Waals surface area contributed by atoms with E-state index in [9.17, 15) is 9.18 Å². The minimum atomic E-state index is -1.16. The summed E-state index contributed by atoms with van der Waals surface area (Å²) in [7, 11) is 8.23. The number of alkyl halides is 1. The zero-order valence-corrected chi connectivity index (χ0v) is 19.9. The standard InChI is InChI=1S/C23H33BF2N3OP/c1-4-5-16(14-8-10-23(26,31)11-9-14)21-28-17-7-6-15(19(25)20(17)29-21)12-18(30)27-13-22(2,3)24/h6-7,14,16H,4-5,8-13,31H2,1-3H3,(H,27,30)(H,28,29)/t14?,16-,23?/m0/s1. The maximum absolute atomic E-state index is 15.2. The number of nitrogens with zero attached hydrogens (tertiary/aromatic N) is 1. The molecule has 1 aliphatic carbocycles. The summed E-state index contributed by atoms with van der Waals surface area (Å²) in [4.78, 5) is 20.1. The highest BCUT2D eigenvalue weighted by Crippen LogP contribution is 2.45. The van der Waals surface area contributed by atoms with Crippen molar-refractivity contribution in [2.45, 2.75) is 82.4 Å². The maximum Gasteiger partial charge on any atom is 0.224 e. The highest BCUT2D eigenvalue weighted by molar-refractivity contribution is 7.18. The number of imidazole rings is 1. The largest absolute Gasteiger partial charge is 0.356 e. The predicted octanol–water partition coefficient (Wildman–Crippen LogP) is 5.34. The molecule has 1 aromatic heterocycles. The molecule has 0 bridgehead atoms. The Morgan fingerprint density at radius 2 is 2.10 bits per heavy atom. The van der Waals surface area contributed by atoms with Crippen LogP contribution >= 0.6 is 9.24 Å². The van der Waals surface area contributed by atoms with Gasteiger partial charge in [-0.2, -0.15) is 0 Å². The summed E-state index contributed by atoms with van der Waals surface area (Å²) in [6, 6.07) is 3.41. The molecule has 0 spiro atoms. The molecule has 1 amide bonds. The van der Waals surface area contributed by atoms with Crippen molar-refractivity contribution in [3.8, 4) is 0 Å². The molecule has 2 N–H and O–H groups in total. The first-order valence-electron chi connectivity index (χ1n) is 11.2. The Labute approximate surface area is 187 Å². The topological polar surface area (TPSA) is 57.8 Å². The normalized spacial score (nSPS) is 23.1. The van der Waals surface area contributed by atoms with Gasteiger partial charge in [-0.25, -0.2) is 13.8 Å². The first-order valence-corrected chi connectivity index (χ1v) is 11.8. The molecule has 8 heteroatoms. The number of aromatic nitrogens is 2. The van der Waals surface area contributed by atoms with Gasteiger partial charge in [-0.05, 0) is 49.7 Å². The lowest BCUT2D eigenvalue weighted by Gasteiger charge is -2.34. The van der Waals surface area contributed by atoms with Crippen molar-refractivity contribution in [3.05, 3.63) is 29.3 Å². The van der Waals surface area contributed by atoms with Gasteiger partial charge in [-0.1, -0.05) is 47.8 Å². The lowest BCUT2D eigenvalue weighted by molar-refractivity contribution is -0.120. The minimum absolute atomic E-state index is 0.0617. The van der Waals surface area contributed by atoms with Crippen molar-refractivity contribution >= 4 is 34.0 Å². The fourth-order valence-corrected chi connectivity index (χ4v) is 4.74.